The maximum atomic E-state index is 5.88. The predicted molar refractivity (Wildman–Crippen MR) is 89.1 cm³/mol. The molecule has 0 amide bonds. The molecule has 3 heteroatoms. The molecule has 0 bridgehead atoms. The molecule has 0 atom stereocenters. The van der Waals surface area contributed by atoms with Crippen LogP contribution in [0.15, 0.2) is 42.5 Å². The quantitative estimate of drug-likeness (QED) is 0.739. The molecule has 3 aromatic rings. The minimum absolute atomic E-state index is 0.730. The molecule has 3 nitrogen and oxygen atoms in total. The van der Waals surface area contributed by atoms with Crippen LogP contribution in [-0.2, 0) is 0 Å². The summed E-state index contributed by atoms with van der Waals surface area (Å²) < 4.78 is 5.88. The zero-order valence-corrected chi connectivity index (χ0v) is 12.7. The number of benzene rings is 2. The number of nitrogens with one attached hydrogen (secondary N) is 1. The molecular weight excluding hydrogens is 260 g/mol. The Balaban J connectivity index is 1.77. The average molecular weight is 282 g/mol. The number of H-pyrrole nitrogens is 1. The topological polar surface area (TPSA) is 28.3 Å². The van der Waals surface area contributed by atoms with E-state index in [0.29, 0.717) is 0 Å². The molecule has 0 aliphatic carbocycles. The lowest BCUT2D eigenvalue weighted by Gasteiger charge is -2.17. The van der Waals surface area contributed by atoms with Gasteiger partial charge >= 0.3 is 0 Å². The number of aromatic nitrogens is 1. The normalized spacial score (nSPS) is 11.6. The third-order valence-electron chi connectivity index (χ3n) is 4.05. The van der Waals surface area contributed by atoms with Gasteiger partial charge in [0.1, 0.15) is 12.4 Å². The van der Waals surface area contributed by atoms with Crippen LogP contribution in [0.3, 0.4) is 0 Å². The lowest BCUT2D eigenvalue weighted by molar-refractivity contribution is 0.223. The van der Waals surface area contributed by atoms with Crippen molar-refractivity contribution in [3.05, 3.63) is 42.5 Å². The van der Waals surface area contributed by atoms with Gasteiger partial charge in [-0.15, -0.1) is 0 Å². The first-order chi connectivity index (χ1) is 10.3. The van der Waals surface area contributed by atoms with Crippen molar-refractivity contribution in [2.24, 2.45) is 0 Å². The highest BCUT2D eigenvalue weighted by molar-refractivity contribution is 6.07. The molecule has 3 rings (SSSR count). The van der Waals surface area contributed by atoms with Gasteiger partial charge in [-0.25, -0.2) is 0 Å². The number of hydrogen-bond donors (Lipinski definition) is 1. The molecule has 2 aromatic carbocycles. The van der Waals surface area contributed by atoms with Gasteiger partial charge in [0.2, 0.25) is 0 Å². The van der Waals surface area contributed by atoms with Crippen molar-refractivity contribution in [2.45, 2.75) is 13.8 Å². The second kappa shape index (κ2) is 6.19. The molecule has 0 saturated heterocycles. The van der Waals surface area contributed by atoms with Crippen LogP contribution in [0, 0.1) is 0 Å². The molecule has 0 radical (unpaired) electrons. The number of nitrogens with zero attached hydrogens (tertiary/aromatic N) is 1. The Labute approximate surface area is 125 Å². The molecule has 0 saturated carbocycles. The second-order valence-electron chi connectivity index (χ2n) is 5.25. The van der Waals surface area contributed by atoms with Crippen LogP contribution in [-0.4, -0.2) is 36.1 Å². The van der Waals surface area contributed by atoms with Gasteiger partial charge in [-0.2, -0.15) is 0 Å². The predicted octanol–water partition coefficient (Wildman–Crippen LogP) is 4.04. The Hall–Kier alpha value is -2.00. The largest absolute Gasteiger partial charge is 0.492 e. The number of ether oxygens (including phenoxy) is 1. The zero-order chi connectivity index (χ0) is 14.7. The number of rotatable bonds is 6. The van der Waals surface area contributed by atoms with E-state index < -0.39 is 0 Å². The lowest BCUT2D eigenvalue weighted by atomic mass is 10.1. The van der Waals surface area contributed by atoms with Crippen molar-refractivity contribution in [3.8, 4) is 5.75 Å². The van der Waals surface area contributed by atoms with Crippen molar-refractivity contribution in [1.29, 1.82) is 0 Å². The van der Waals surface area contributed by atoms with Crippen LogP contribution in [0.25, 0.3) is 21.8 Å². The van der Waals surface area contributed by atoms with E-state index in [9.17, 15) is 0 Å². The van der Waals surface area contributed by atoms with Crippen LogP contribution < -0.4 is 4.74 Å². The molecule has 1 N–H and O–H groups in total. The Kier molecular flexibility index (Phi) is 4.11. The molecular formula is C18H22N2O. The third-order valence-corrected chi connectivity index (χ3v) is 4.05. The van der Waals surface area contributed by atoms with Gasteiger partial charge < -0.3 is 14.6 Å². The lowest BCUT2D eigenvalue weighted by Crippen LogP contribution is -2.27. The van der Waals surface area contributed by atoms with E-state index >= 15 is 0 Å². The molecule has 1 heterocycles. The first-order valence-electron chi connectivity index (χ1n) is 7.67. The summed E-state index contributed by atoms with van der Waals surface area (Å²) in [6.45, 7) is 8.20. The maximum absolute atomic E-state index is 5.88. The second-order valence-corrected chi connectivity index (χ2v) is 5.25. The van der Waals surface area contributed by atoms with Gasteiger partial charge in [-0.3, -0.25) is 0 Å². The highest BCUT2D eigenvalue weighted by Crippen LogP contribution is 2.28. The summed E-state index contributed by atoms with van der Waals surface area (Å²) in [6.07, 6.45) is 0. The van der Waals surface area contributed by atoms with Crippen molar-refractivity contribution in [1.82, 2.24) is 9.88 Å². The smallest absolute Gasteiger partial charge is 0.121 e. The average Bonchev–Trinajstić information content (AvgIpc) is 2.89. The van der Waals surface area contributed by atoms with Crippen LogP contribution in [0.5, 0.6) is 5.75 Å². The summed E-state index contributed by atoms with van der Waals surface area (Å²) in [4.78, 5) is 5.81. The van der Waals surface area contributed by atoms with Gasteiger partial charge in [0, 0.05) is 28.9 Å². The standard InChI is InChI=1S/C18H22N2O/c1-3-20(4-2)11-12-21-14-9-10-16-15-7-5-6-8-17(15)19-18(16)13-14/h5-10,13,19H,3-4,11-12H2,1-2H3. The first kappa shape index (κ1) is 14.0. The van der Waals surface area contributed by atoms with E-state index in [-0.39, 0.29) is 0 Å². The molecule has 0 fully saturated rings. The van der Waals surface area contributed by atoms with Gasteiger partial charge in [0.25, 0.3) is 0 Å². The minimum Gasteiger partial charge on any atom is -0.492 e. The van der Waals surface area contributed by atoms with E-state index in [1.807, 2.05) is 0 Å². The Bertz CT molecular complexity index is 728. The Morgan fingerprint density at radius 3 is 2.52 bits per heavy atom. The van der Waals surface area contributed by atoms with Crippen LogP contribution in [0.2, 0.25) is 0 Å². The van der Waals surface area contributed by atoms with E-state index in [1.165, 1.54) is 16.3 Å². The summed E-state index contributed by atoms with van der Waals surface area (Å²) in [7, 11) is 0. The van der Waals surface area contributed by atoms with Crippen LogP contribution >= 0.6 is 0 Å². The van der Waals surface area contributed by atoms with Crippen LogP contribution in [0.1, 0.15) is 13.8 Å². The van der Waals surface area contributed by atoms with E-state index in [1.54, 1.807) is 0 Å². The first-order valence-corrected chi connectivity index (χ1v) is 7.67. The summed E-state index contributed by atoms with van der Waals surface area (Å²) in [5.74, 6) is 0.932. The van der Waals surface area contributed by atoms with Crippen molar-refractivity contribution in [2.75, 3.05) is 26.2 Å². The van der Waals surface area contributed by atoms with Gasteiger partial charge in [-0.1, -0.05) is 32.0 Å². The van der Waals surface area contributed by atoms with Crippen molar-refractivity contribution in [3.63, 3.8) is 0 Å². The molecule has 21 heavy (non-hydrogen) atoms. The monoisotopic (exact) mass is 282 g/mol. The van der Waals surface area contributed by atoms with Gasteiger partial charge in [0.15, 0.2) is 0 Å². The fourth-order valence-corrected chi connectivity index (χ4v) is 2.76. The van der Waals surface area contributed by atoms with E-state index in [4.69, 9.17) is 4.74 Å². The summed E-state index contributed by atoms with van der Waals surface area (Å²) in [6, 6.07) is 14.7. The molecule has 0 aliphatic rings. The van der Waals surface area contributed by atoms with E-state index in [2.05, 4.69) is 66.2 Å². The summed E-state index contributed by atoms with van der Waals surface area (Å²) in [5, 5.41) is 2.52. The minimum atomic E-state index is 0.730. The fourth-order valence-electron chi connectivity index (χ4n) is 2.76. The summed E-state index contributed by atoms with van der Waals surface area (Å²) in [5.41, 5.74) is 2.31. The van der Waals surface area contributed by atoms with Crippen molar-refractivity contribution >= 4 is 21.8 Å². The molecule has 1 aromatic heterocycles. The highest BCUT2D eigenvalue weighted by Gasteiger charge is 2.05. The molecule has 110 valence electrons. The van der Waals surface area contributed by atoms with E-state index in [0.717, 1.165) is 37.5 Å². The number of likely N-dealkylation sites (N-methyl/N-ethyl adjacent to an activating group) is 1. The van der Waals surface area contributed by atoms with Gasteiger partial charge in [-0.05, 0) is 31.3 Å². The molecule has 0 spiro atoms. The van der Waals surface area contributed by atoms with Gasteiger partial charge in [0.05, 0.1) is 5.52 Å². The number of para-hydroxylation sites is 1. The third kappa shape index (κ3) is 2.88. The Morgan fingerprint density at radius 1 is 0.952 bits per heavy atom. The molecule has 0 aliphatic heterocycles. The number of hydrogen-bond acceptors (Lipinski definition) is 2. The summed E-state index contributed by atoms with van der Waals surface area (Å²) >= 11 is 0. The number of fused-ring (bicyclic) bond motifs is 3. The van der Waals surface area contributed by atoms with Crippen LogP contribution in [0.4, 0.5) is 0 Å². The zero-order valence-electron chi connectivity index (χ0n) is 12.7. The fraction of sp³-hybridized carbons (Fsp3) is 0.333. The van der Waals surface area contributed by atoms with Crippen molar-refractivity contribution < 1.29 is 4.74 Å². The SMILES string of the molecule is CCN(CC)CCOc1ccc2c(c1)[nH]c1ccccc12. The Morgan fingerprint density at radius 2 is 1.71 bits per heavy atom. The molecule has 0 unspecified atom stereocenters. The maximum Gasteiger partial charge on any atom is 0.121 e. The highest BCUT2D eigenvalue weighted by atomic mass is 16.5. The number of aromatic amines is 1.